The first kappa shape index (κ1) is 57.9. The second-order valence-electron chi connectivity index (χ2n) is 18.7. The number of hydrogen-bond donors (Lipinski definition) is 3. The van der Waals surface area contributed by atoms with Crippen LogP contribution < -0.4 is 5.32 Å². The molecule has 3 N–H and O–H groups in total. The maximum atomic E-state index is 12.5. The molecule has 0 spiro atoms. The highest BCUT2D eigenvalue weighted by atomic mass is 16.3. The molecule has 0 saturated heterocycles. The zero-order valence-electron chi connectivity index (χ0n) is 40.3. The summed E-state index contributed by atoms with van der Waals surface area (Å²) in [6.07, 6.45) is 67.6. The molecular weight excluding hydrogens is 723 g/mol. The minimum atomic E-state index is -0.836. The molecule has 1 amide bonds. The number of carbonyl (C=O) groups is 1. The Morgan fingerprint density at radius 1 is 0.390 bits per heavy atom. The second-order valence-corrected chi connectivity index (χ2v) is 18.7. The van der Waals surface area contributed by atoms with Crippen LogP contribution in [0.15, 0.2) is 24.3 Å². The van der Waals surface area contributed by atoms with Crippen LogP contribution >= 0.6 is 0 Å². The lowest BCUT2D eigenvalue weighted by molar-refractivity contribution is -0.123. The van der Waals surface area contributed by atoms with Crippen LogP contribution in [0.1, 0.15) is 303 Å². The van der Waals surface area contributed by atoms with E-state index in [0.717, 1.165) is 25.7 Å². The van der Waals surface area contributed by atoms with Gasteiger partial charge in [-0.1, -0.05) is 276 Å². The van der Waals surface area contributed by atoms with Gasteiger partial charge in [0.25, 0.3) is 0 Å². The largest absolute Gasteiger partial charge is 0.394 e. The van der Waals surface area contributed by atoms with Crippen LogP contribution in [0.3, 0.4) is 0 Å². The molecule has 0 aromatic heterocycles. The third-order valence-corrected chi connectivity index (χ3v) is 12.7. The van der Waals surface area contributed by atoms with E-state index in [0.29, 0.717) is 6.42 Å². The topological polar surface area (TPSA) is 69.6 Å². The van der Waals surface area contributed by atoms with Crippen molar-refractivity contribution in [3.8, 4) is 0 Å². The number of carbonyl (C=O) groups excluding carboxylic acids is 1. The molecule has 0 radical (unpaired) electrons. The number of rotatable bonds is 50. The fourth-order valence-corrected chi connectivity index (χ4v) is 8.53. The highest BCUT2D eigenvalue weighted by Gasteiger charge is 2.18. The van der Waals surface area contributed by atoms with E-state index in [2.05, 4.69) is 31.3 Å². The summed E-state index contributed by atoms with van der Waals surface area (Å²) < 4.78 is 0. The standard InChI is InChI=1S/C55H107NO3/c1-3-5-7-9-11-13-15-17-19-21-23-24-25-26-27-28-29-30-31-32-33-35-37-39-41-43-45-47-49-51-55(59)56-53(52-57)54(58)50-48-46-44-42-40-38-36-34-22-20-18-16-14-12-10-8-6-4-2/h21,23,48,50,53-54,57-58H,3-20,22,24-47,49,51-52H2,1-2H3,(H,56,59)/b23-21-,50-48+. The average molecular weight is 830 g/mol. The Kier molecular flexibility index (Phi) is 50.2. The second kappa shape index (κ2) is 51.2. The van der Waals surface area contributed by atoms with Gasteiger partial charge in [-0.25, -0.2) is 0 Å². The molecule has 2 unspecified atom stereocenters. The Labute approximate surface area is 370 Å². The number of unbranched alkanes of at least 4 members (excludes halogenated alkanes) is 41. The zero-order valence-corrected chi connectivity index (χ0v) is 40.3. The van der Waals surface area contributed by atoms with Crippen LogP contribution in [0.25, 0.3) is 0 Å². The van der Waals surface area contributed by atoms with Crippen LogP contribution in [0, 0.1) is 0 Å². The number of allylic oxidation sites excluding steroid dienone is 3. The smallest absolute Gasteiger partial charge is 0.220 e. The van der Waals surface area contributed by atoms with E-state index < -0.39 is 12.1 Å². The van der Waals surface area contributed by atoms with Crippen molar-refractivity contribution in [3.63, 3.8) is 0 Å². The minimum absolute atomic E-state index is 0.0583. The summed E-state index contributed by atoms with van der Waals surface area (Å²) in [5.41, 5.74) is 0. The first-order valence-electron chi connectivity index (χ1n) is 27.1. The normalized spacial score (nSPS) is 12.9. The molecule has 0 aliphatic heterocycles. The van der Waals surface area contributed by atoms with Gasteiger partial charge in [-0.2, -0.15) is 0 Å². The van der Waals surface area contributed by atoms with Gasteiger partial charge in [-0.15, -0.1) is 0 Å². The number of aliphatic hydroxyl groups excluding tert-OH is 2. The zero-order chi connectivity index (χ0) is 42.8. The van der Waals surface area contributed by atoms with Gasteiger partial charge in [0.2, 0.25) is 5.91 Å². The predicted octanol–water partition coefficient (Wildman–Crippen LogP) is 17.5. The van der Waals surface area contributed by atoms with Gasteiger partial charge in [0.1, 0.15) is 0 Å². The van der Waals surface area contributed by atoms with Crippen LogP contribution in [0.5, 0.6) is 0 Å². The van der Waals surface area contributed by atoms with E-state index in [1.165, 1.54) is 257 Å². The summed E-state index contributed by atoms with van der Waals surface area (Å²) in [5.74, 6) is -0.0583. The molecule has 0 aliphatic carbocycles. The molecule has 0 bridgehead atoms. The molecule has 350 valence electrons. The van der Waals surface area contributed by atoms with Crippen molar-refractivity contribution >= 4 is 5.91 Å². The summed E-state index contributed by atoms with van der Waals surface area (Å²) in [5, 5.41) is 23.1. The Hall–Kier alpha value is -1.13. The molecule has 59 heavy (non-hydrogen) atoms. The lowest BCUT2D eigenvalue weighted by atomic mass is 10.0. The molecule has 0 aromatic carbocycles. The van der Waals surface area contributed by atoms with Crippen molar-refractivity contribution < 1.29 is 15.0 Å². The van der Waals surface area contributed by atoms with Crippen LogP contribution in [-0.2, 0) is 4.79 Å². The highest BCUT2D eigenvalue weighted by Crippen LogP contribution is 2.17. The fraction of sp³-hybridized carbons (Fsp3) is 0.909. The first-order valence-corrected chi connectivity index (χ1v) is 27.1. The summed E-state index contributed by atoms with van der Waals surface area (Å²) in [6, 6.07) is -0.619. The van der Waals surface area contributed by atoms with Crippen molar-refractivity contribution in [2.24, 2.45) is 0 Å². The molecule has 2 atom stereocenters. The van der Waals surface area contributed by atoms with Crippen molar-refractivity contribution in [1.29, 1.82) is 0 Å². The van der Waals surface area contributed by atoms with E-state index in [1.54, 1.807) is 6.08 Å². The summed E-state index contributed by atoms with van der Waals surface area (Å²) in [4.78, 5) is 12.5. The van der Waals surface area contributed by atoms with Gasteiger partial charge in [-0.05, 0) is 44.9 Å². The third kappa shape index (κ3) is 47.8. The Bertz CT molecular complexity index is 855. The quantitative estimate of drug-likeness (QED) is 0.0422. The number of aliphatic hydroxyl groups is 2. The molecule has 4 nitrogen and oxygen atoms in total. The molecule has 0 heterocycles. The van der Waals surface area contributed by atoms with Crippen molar-refractivity contribution in [1.82, 2.24) is 5.32 Å². The number of hydrogen-bond acceptors (Lipinski definition) is 3. The maximum Gasteiger partial charge on any atom is 0.220 e. The van der Waals surface area contributed by atoms with Gasteiger partial charge in [0, 0.05) is 6.42 Å². The number of amides is 1. The maximum absolute atomic E-state index is 12.5. The first-order chi connectivity index (χ1) is 29.2. The van der Waals surface area contributed by atoms with Crippen LogP contribution in [0.4, 0.5) is 0 Å². The molecular formula is C55H107NO3. The third-order valence-electron chi connectivity index (χ3n) is 12.7. The van der Waals surface area contributed by atoms with Crippen LogP contribution in [-0.4, -0.2) is 34.9 Å². The lowest BCUT2D eigenvalue weighted by Gasteiger charge is -2.20. The highest BCUT2D eigenvalue weighted by molar-refractivity contribution is 5.76. The van der Waals surface area contributed by atoms with Crippen LogP contribution in [0.2, 0.25) is 0 Å². The predicted molar refractivity (Wildman–Crippen MR) is 262 cm³/mol. The molecule has 0 fully saturated rings. The van der Waals surface area contributed by atoms with E-state index in [9.17, 15) is 15.0 Å². The Balaban J connectivity index is 3.45. The molecule has 0 rings (SSSR count). The SMILES string of the molecule is CCCCCCCCCC/C=C\CCCCCCCCCCCCCCCCCCCC(=O)NC(CO)C(O)/C=C/CCCCCCCCCCCCCCCCCC. The van der Waals surface area contributed by atoms with Gasteiger partial charge in [0.05, 0.1) is 18.8 Å². The van der Waals surface area contributed by atoms with Gasteiger partial charge < -0.3 is 15.5 Å². The van der Waals surface area contributed by atoms with Gasteiger partial charge in [-0.3, -0.25) is 4.79 Å². The Morgan fingerprint density at radius 3 is 0.932 bits per heavy atom. The Morgan fingerprint density at radius 2 is 0.644 bits per heavy atom. The molecule has 4 heteroatoms. The van der Waals surface area contributed by atoms with E-state index in [-0.39, 0.29) is 12.5 Å². The van der Waals surface area contributed by atoms with Crippen molar-refractivity contribution in [3.05, 3.63) is 24.3 Å². The number of nitrogens with one attached hydrogen (secondary N) is 1. The van der Waals surface area contributed by atoms with E-state index >= 15 is 0 Å². The molecule has 0 aliphatic rings. The van der Waals surface area contributed by atoms with E-state index in [1.807, 2.05) is 6.08 Å². The lowest BCUT2D eigenvalue weighted by Crippen LogP contribution is -2.45. The molecule has 0 aromatic rings. The fourth-order valence-electron chi connectivity index (χ4n) is 8.53. The van der Waals surface area contributed by atoms with Gasteiger partial charge >= 0.3 is 0 Å². The average Bonchev–Trinajstić information content (AvgIpc) is 3.24. The molecule has 0 saturated carbocycles. The van der Waals surface area contributed by atoms with Crippen molar-refractivity contribution in [2.75, 3.05) is 6.61 Å². The summed E-state index contributed by atoms with van der Waals surface area (Å²) >= 11 is 0. The summed E-state index contributed by atoms with van der Waals surface area (Å²) in [6.45, 7) is 4.34. The minimum Gasteiger partial charge on any atom is -0.394 e. The monoisotopic (exact) mass is 830 g/mol. The van der Waals surface area contributed by atoms with Gasteiger partial charge in [0.15, 0.2) is 0 Å². The van der Waals surface area contributed by atoms with Crippen molar-refractivity contribution in [2.45, 2.75) is 315 Å². The summed E-state index contributed by atoms with van der Waals surface area (Å²) in [7, 11) is 0. The van der Waals surface area contributed by atoms with E-state index in [4.69, 9.17) is 0 Å².